The van der Waals surface area contributed by atoms with Gasteiger partial charge in [-0.25, -0.2) is 0 Å². The summed E-state index contributed by atoms with van der Waals surface area (Å²) in [7, 11) is 2.03. The summed E-state index contributed by atoms with van der Waals surface area (Å²) in [5.74, 6) is 0.865. The number of hydrogen-bond acceptors (Lipinski definition) is 1. The van der Waals surface area contributed by atoms with Crippen LogP contribution in [0.25, 0.3) is 0 Å². The predicted molar refractivity (Wildman–Crippen MR) is 58.6 cm³/mol. The maximum Gasteiger partial charge on any atom is 0.00357 e. The molecule has 0 aromatic carbocycles. The van der Waals surface area contributed by atoms with Crippen molar-refractivity contribution in [2.24, 2.45) is 5.92 Å². The van der Waals surface area contributed by atoms with E-state index in [1.54, 1.807) is 0 Å². The van der Waals surface area contributed by atoms with E-state index < -0.39 is 0 Å². The van der Waals surface area contributed by atoms with Gasteiger partial charge in [0.25, 0.3) is 0 Å². The van der Waals surface area contributed by atoms with Crippen molar-refractivity contribution >= 4 is 0 Å². The molecule has 0 radical (unpaired) electrons. The van der Waals surface area contributed by atoms with Gasteiger partial charge in [-0.05, 0) is 26.3 Å². The Bertz CT molecular complexity index is 69.4. The normalized spacial score (nSPS) is 12.2. The zero-order chi connectivity index (χ0) is 9.98. The molecule has 0 fully saturated rings. The molecule has 0 unspecified atom stereocenters. The zero-order valence-corrected chi connectivity index (χ0v) is 9.78. The van der Waals surface area contributed by atoms with Crippen molar-refractivity contribution in [2.75, 3.05) is 7.05 Å². The van der Waals surface area contributed by atoms with Gasteiger partial charge in [-0.2, -0.15) is 0 Å². The molecule has 0 saturated carbocycles. The van der Waals surface area contributed by atoms with E-state index in [4.69, 9.17) is 0 Å². The molecule has 1 N–H and O–H groups in total. The third-order valence-corrected chi connectivity index (χ3v) is 1.91. The summed E-state index contributed by atoms with van der Waals surface area (Å²) in [4.78, 5) is 0. The fourth-order valence-electron chi connectivity index (χ4n) is 0.977. The highest BCUT2D eigenvalue weighted by Gasteiger charge is 1.98. The predicted octanol–water partition coefficient (Wildman–Crippen LogP) is 3.45. The van der Waals surface area contributed by atoms with Gasteiger partial charge in [0.1, 0.15) is 0 Å². The largest absolute Gasteiger partial charge is 0.317 e. The van der Waals surface area contributed by atoms with Gasteiger partial charge in [0.2, 0.25) is 0 Å². The second kappa shape index (κ2) is 11.0. The van der Waals surface area contributed by atoms with Crippen LogP contribution in [0.4, 0.5) is 0 Å². The smallest absolute Gasteiger partial charge is 0.00357 e. The molecule has 0 aliphatic heterocycles. The van der Waals surface area contributed by atoms with E-state index in [0.29, 0.717) is 6.04 Å². The average Bonchev–Trinajstić information content (AvgIpc) is 2.07. The first-order chi connectivity index (χ1) is 5.66. The van der Waals surface area contributed by atoms with Gasteiger partial charge in [0.15, 0.2) is 0 Å². The third kappa shape index (κ3) is 12.6. The van der Waals surface area contributed by atoms with Gasteiger partial charge in [0, 0.05) is 6.04 Å². The minimum absolute atomic E-state index is 0.693. The molecule has 0 aliphatic carbocycles. The van der Waals surface area contributed by atoms with Crippen molar-refractivity contribution in [1.82, 2.24) is 5.32 Å². The van der Waals surface area contributed by atoms with Gasteiger partial charge >= 0.3 is 0 Å². The number of nitrogens with one attached hydrogen (secondary N) is 1. The SMILES string of the molecule is CC.CN[C@@H](C)CCCC(C)C. The fraction of sp³-hybridized carbons (Fsp3) is 1.00. The summed E-state index contributed by atoms with van der Waals surface area (Å²) < 4.78 is 0. The van der Waals surface area contributed by atoms with Crippen LogP contribution in [0, 0.1) is 5.92 Å². The maximum atomic E-state index is 3.24. The van der Waals surface area contributed by atoms with E-state index >= 15 is 0 Å². The quantitative estimate of drug-likeness (QED) is 0.671. The summed E-state index contributed by atoms with van der Waals surface area (Å²) in [6.45, 7) is 10.8. The molecule has 0 saturated heterocycles. The number of hydrogen-bond donors (Lipinski definition) is 1. The molecule has 0 rings (SSSR count). The molecule has 1 atom stereocenters. The molecule has 76 valence electrons. The second-order valence-electron chi connectivity index (χ2n) is 3.51. The van der Waals surface area contributed by atoms with E-state index in [9.17, 15) is 0 Å². The van der Waals surface area contributed by atoms with Gasteiger partial charge in [0.05, 0.1) is 0 Å². The lowest BCUT2D eigenvalue weighted by molar-refractivity contribution is 0.479. The van der Waals surface area contributed by atoms with Gasteiger partial charge in [-0.1, -0.05) is 40.5 Å². The monoisotopic (exact) mass is 173 g/mol. The molecular weight excluding hydrogens is 146 g/mol. The Morgan fingerprint density at radius 1 is 1.00 bits per heavy atom. The molecule has 0 spiro atoms. The lowest BCUT2D eigenvalue weighted by Gasteiger charge is -2.10. The van der Waals surface area contributed by atoms with Crippen molar-refractivity contribution in [1.29, 1.82) is 0 Å². The lowest BCUT2D eigenvalue weighted by Crippen LogP contribution is -2.20. The van der Waals surface area contributed by atoms with E-state index in [1.807, 2.05) is 20.9 Å². The summed E-state index contributed by atoms with van der Waals surface area (Å²) >= 11 is 0. The highest BCUT2D eigenvalue weighted by molar-refractivity contribution is 4.57. The Morgan fingerprint density at radius 3 is 1.83 bits per heavy atom. The molecule has 12 heavy (non-hydrogen) atoms. The standard InChI is InChI=1S/C9H21N.C2H6/c1-8(2)6-5-7-9(3)10-4;1-2/h8-10H,5-7H2,1-4H3;1-2H3/t9-;/m0./s1. The zero-order valence-electron chi connectivity index (χ0n) is 9.78. The highest BCUT2D eigenvalue weighted by Crippen LogP contribution is 2.07. The van der Waals surface area contributed by atoms with Crippen molar-refractivity contribution in [3.8, 4) is 0 Å². The molecule has 0 amide bonds. The van der Waals surface area contributed by atoms with Crippen molar-refractivity contribution in [2.45, 2.75) is 59.9 Å². The van der Waals surface area contributed by atoms with Gasteiger partial charge < -0.3 is 5.32 Å². The van der Waals surface area contributed by atoms with E-state index in [0.717, 1.165) is 5.92 Å². The highest BCUT2D eigenvalue weighted by atomic mass is 14.8. The third-order valence-electron chi connectivity index (χ3n) is 1.91. The molecule has 1 nitrogen and oxygen atoms in total. The Hall–Kier alpha value is -0.0400. The molecule has 0 aromatic rings. The summed E-state index contributed by atoms with van der Waals surface area (Å²) in [6.07, 6.45) is 4.04. The Labute approximate surface area is 78.9 Å². The molecular formula is C11H27N. The Morgan fingerprint density at radius 2 is 1.50 bits per heavy atom. The van der Waals surface area contributed by atoms with Crippen LogP contribution in [0.1, 0.15) is 53.9 Å². The molecule has 0 aliphatic rings. The Balaban J connectivity index is 0. The van der Waals surface area contributed by atoms with E-state index in [-0.39, 0.29) is 0 Å². The van der Waals surface area contributed by atoms with Crippen molar-refractivity contribution in [3.05, 3.63) is 0 Å². The molecule has 0 aromatic heterocycles. The van der Waals surface area contributed by atoms with E-state index in [1.165, 1.54) is 19.3 Å². The van der Waals surface area contributed by atoms with Gasteiger partial charge in [-0.15, -0.1) is 0 Å². The summed E-state index contributed by atoms with van der Waals surface area (Å²) in [5.41, 5.74) is 0. The molecule has 1 heteroatoms. The molecule has 0 bridgehead atoms. The van der Waals surface area contributed by atoms with E-state index in [2.05, 4.69) is 26.1 Å². The fourth-order valence-corrected chi connectivity index (χ4v) is 0.977. The maximum absolute atomic E-state index is 3.24. The van der Waals surface area contributed by atoms with Gasteiger partial charge in [-0.3, -0.25) is 0 Å². The number of rotatable bonds is 5. The van der Waals surface area contributed by atoms with Crippen molar-refractivity contribution < 1.29 is 0 Å². The van der Waals surface area contributed by atoms with Crippen LogP contribution in [-0.4, -0.2) is 13.1 Å². The van der Waals surface area contributed by atoms with Crippen LogP contribution in [0.3, 0.4) is 0 Å². The lowest BCUT2D eigenvalue weighted by atomic mass is 10.0. The average molecular weight is 173 g/mol. The first-order valence-corrected chi connectivity index (χ1v) is 5.34. The van der Waals surface area contributed by atoms with Crippen LogP contribution in [0.2, 0.25) is 0 Å². The summed E-state index contributed by atoms with van der Waals surface area (Å²) in [5, 5.41) is 3.24. The van der Waals surface area contributed by atoms with Crippen LogP contribution in [0.15, 0.2) is 0 Å². The minimum Gasteiger partial charge on any atom is -0.317 e. The summed E-state index contributed by atoms with van der Waals surface area (Å²) in [6, 6.07) is 0.693. The first kappa shape index (κ1) is 14.5. The first-order valence-electron chi connectivity index (χ1n) is 5.34. The van der Waals surface area contributed by atoms with Crippen LogP contribution >= 0.6 is 0 Å². The Kier molecular flexibility index (Phi) is 13.2. The second-order valence-corrected chi connectivity index (χ2v) is 3.51. The van der Waals surface area contributed by atoms with Crippen LogP contribution < -0.4 is 5.32 Å². The minimum atomic E-state index is 0.693. The molecule has 0 heterocycles. The van der Waals surface area contributed by atoms with Crippen LogP contribution in [-0.2, 0) is 0 Å². The van der Waals surface area contributed by atoms with Crippen LogP contribution in [0.5, 0.6) is 0 Å². The van der Waals surface area contributed by atoms with Crippen molar-refractivity contribution in [3.63, 3.8) is 0 Å². The topological polar surface area (TPSA) is 12.0 Å².